The average molecular weight is 156 g/mol. The van der Waals surface area contributed by atoms with E-state index < -0.39 is 0 Å². The van der Waals surface area contributed by atoms with Crippen molar-refractivity contribution in [1.82, 2.24) is 0 Å². The van der Waals surface area contributed by atoms with E-state index in [1.54, 1.807) is 0 Å². The van der Waals surface area contributed by atoms with Crippen LogP contribution in [0.2, 0.25) is 0 Å². The highest BCUT2D eigenvalue weighted by Gasteiger charge is 2.13. The quantitative estimate of drug-likeness (QED) is 0.562. The van der Waals surface area contributed by atoms with Crippen LogP contribution < -0.4 is 0 Å². The number of hydrogen-bond donors (Lipinski definition) is 0. The standard InChI is InChI=1S/C11H24/c1-6-11(7-2)10(5)8-9(3)4/h9-11H,6-8H2,1-5H3. The lowest BCUT2D eigenvalue weighted by Gasteiger charge is -2.22. The zero-order valence-electron chi connectivity index (χ0n) is 8.85. The molecule has 1 atom stereocenters. The van der Waals surface area contributed by atoms with Crippen LogP contribution in [0.3, 0.4) is 0 Å². The summed E-state index contributed by atoms with van der Waals surface area (Å²) in [6.45, 7) is 11.7. The highest BCUT2D eigenvalue weighted by Crippen LogP contribution is 2.24. The molecule has 0 saturated carbocycles. The fraction of sp³-hybridized carbons (Fsp3) is 1.00. The Bertz CT molecular complexity index is 80.0. The summed E-state index contributed by atoms with van der Waals surface area (Å²) in [5.74, 6) is 2.74. The van der Waals surface area contributed by atoms with E-state index in [-0.39, 0.29) is 0 Å². The van der Waals surface area contributed by atoms with Crippen LogP contribution in [-0.2, 0) is 0 Å². The van der Waals surface area contributed by atoms with Gasteiger partial charge in [0.25, 0.3) is 0 Å². The molecule has 0 rings (SSSR count). The molecule has 0 aromatic carbocycles. The van der Waals surface area contributed by atoms with E-state index in [2.05, 4.69) is 34.6 Å². The van der Waals surface area contributed by atoms with E-state index in [0.29, 0.717) is 0 Å². The average Bonchev–Trinajstić information content (AvgIpc) is 1.88. The van der Waals surface area contributed by atoms with E-state index in [0.717, 1.165) is 17.8 Å². The summed E-state index contributed by atoms with van der Waals surface area (Å²) < 4.78 is 0. The van der Waals surface area contributed by atoms with E-state index >= 15 is 0 Å². The molecule has 0 nitrogen and oxygen atoms in total. The minimum absolute atomic E-state index is 0.866. The molecule has 0 heteroatoms. The normalized spacial score (nSPS) is 14.5. The summed E-state index contributed by atoms with van der Waals surface area (Å²) in [5.41, 5.74) is 0. The van der Waals surface area contributed by atoms with Crippen molar-refractivity contribution < 1.29 is 0 Å². The molecule has 0 N–H and O–H groups in total. The van der Waals surface area contributed by atoms with Gasteiger partial charge in [-0.05, 0) is 24.2 Å². The Balaban J connectivity index is 3.68. The van der Waals surface area contributed by atoms with Crippen LogP contribution in [0.25, 0.3) is 0 Å². The maximum Gasteiger partial charge on any atom is -0.0394 e. The second kappa shape index (κ2) is 5.62. The van der Waals surface area contributed by atoms with Crippen molar-refractivity contribution in [3.63, 3.8) is 0 Å². The first-order valence-electron chi connectivity index (χ1n) is 5.11. The Hall–Kier alpha value is 0. The highest BCUT2D eigenvalue weighted by molar-refractivity contribution is 4.64. The molecule has 0 aromatic rings. The van der Waals surface area contributed by atoms with Gasteiger partial charge in [0.1, 0.15) is 0 Å². The Morgan fingerprint density at radius 2 is 1.36 bits per heavy atom. The molecule has 0 aliphatic carbocycles. The third-order valence-corrected chi connectivity index (χ3v) is 2.70. The third kappa shape index (κ3) is 4.44. The summed E-state index contributed by atoms with van der Waals surface area (Å²) >= 11 is 0. The van der Waals surface area contributed by atoms with Gasteiger partial charge in [-0.15, -0.1) is 0 Å². The van der Waals surface area contributed by atoms with Crippen LogP contribution in [0.1, 0.15) is 53.9 Å². The van der Waals surface area contributed by atoms with Crippen LogP contribution in [0.4, 0.5) is 0 Å². The molecule has 1 unspecified atom stereocenters. The predicted octanol–water partition coefficient (Wildman–Crippen LogP) is 4.10. The molecule has 0 spiro atoms. The minimum atomic E-state index is 0.866. The molecule has 0 fully saturated rings. The lowest BCUT2D eigenvalue weighted by atomic mass is 9.84. The van der Waals surface area contributed by atoms with Crippen LogP contribution >= 0.6 is 0 Å². The molecule has 11 heavy (non-hydrogen) atoms. The van der Waals surface area contributed by atoms with Gasteiger partial charge in [-0.1, -0.05) is 47.5 Å². The van der Waals surface area contributed by atoms with Gasteiger partial charge in [-0.3, -0.25) is 0 Å². The molecular weight excluding hydrogens is 132 g/mol. The predicted molar refractivity (Wildman–Crippen MR) is 52.7 cm³/mol. The fourth-order valence-electron chi connectivity index (χ4n) is 2.03. The van der Waals surface area contributed by atoms with Gasteiger partial charge in [0.05, 0.1) is 0 Å². The second-order valence-electron chi connectivity index (χ2n) is 4.18. The molecule has 68 valence electrons. The first-order chi connectivity index (χ1) is 5.11. The van der Waals surface area contributed by atoms with Crippen LogP contribution in [0.5, 0.6) is 0 Å². The van der Waals surface area contributed by atoms with E-state index in [1.807, 2.05) is 0 Å². The van der Waals surface area contributed by atoms with Crippen molar-refractivity contribution in [3.8, 4) is 0 Å². The van der Waals surface area contributed by atoms with Gasteiger partial charge in [0.2, 0.25) is 0 Å². The molecule has 0 aliphatic heterocycles. The molecule has 0 aliphatic rings. The molecule has 0 bridgehead atoms. The summed E-state index contributed by atoms with van der Waals surface area (Å²) in [6, 6.07) is 0. The lowest BCUT2D eigenvalue weighted by molar-refractivity contribution is 0.288. The fourth-order valence-corrected chi connectivity index (χ4v) is 2.03. The number of hydrogen-bond acceptors (Lipinski definition) is 0. The van der Waals surface area contributed by atoms with Crippen LogP contribution in [0, 0.1) is 17.8 Å². The van der Waals surface area contributed by atoms with E-state index in [4.69, 9.17) is 0 Å². The van der Waals surface area contributed by atoms with Crippen molar-refractivity contribution in [2.45, 2.75) is 53.9 Å². The Morgan fingerprint density at radius 1 is 0.909 bits per heavy atom. The first-order valence-corrected chi connectivity index (χ1v) is 5.11. The molecule has 0 radical (unpaired) electrons. The second-order valence-corrected chi connectivity index (χ2v) is 4.18. The topological polar surface area (TPSA) is 0 Å². The monoisotopic (exact) mass is 156 g/mol. The van der Waals surface area contributed by atoms with Crippen molar-refractivity contribution in [2.75, 3.05) is 0 Å². The molecule has 0 amide bonds. The smallest absolute Gasteiger partial charge is 0.0394 e. The molecule has 0 aromatic heterocycles. The zero-order chi connectivity index (χ0) is 8.85. The summed E-state index contributed by atoms with van der Waals surface area (Å²) in [5, 5.41) is 0. The summed E-state index contributed by atoms with van der Waals surface area (Å²) in [7, 11) is 0. The van der Waals surface area contributed by atoms with Gasteiger partial charge in [-0.2, -0.15) is 0 Å². The third-order valence-electron chi connectivity index (χ3n) is 2.70. The van der Waals surface area contributed by atoms with Gasteiger partial charge in [-0.25, -0.2) is 0 Å². The van der Waals surface area contributed by atoms with Crippen molar-refractivity contribution in [2.24, 2.45) is 17.8 Å². The van der Waals surface area contributed by atoms with Gasteiger partial charge >= 0.3 is 0 Å². The maximum absolute atomic E-state index is 2.40. The number of rotatable bonds is 5. The van der Waals surface area contributed by atoms with Crippen LogP contribution in [0.15, 0.2) is 0 Å². The van der Waals surface area contributed by atoms with Crippen molar-refractivity contribution >= 4 is 0 Å². The molecular formula is C11H24. The van der Waals surface area contributed by atoms with Gasteiger partial charge < -0.3 is 0 Å². The largest absolute Gasteiger partial charge is 0.0651 e. The van der Waals surface area contributed by atoms with Crippen molar-refractivity contribution in [1.29, 1.82) is 0 Å². The Kier molecular flexibility index (Phi) is 5.62. The Labute approximate surface area is 72.4 Å². The van der Waals surface area contributed by atoms with Crippen LogP contribution in [-0.4, -0.2) is 0 Å². The SMILES string of the molecule is CCC(CC)C(C)CC(C)C. The minimum Gasteiger partial charge on any atom is -0.0651 e. The van der Waals surface area contributed by atoms with E-state index in [9.17, 15) is 0 Å². The van der Waals surface area contributed by atoms with Gasteiger partial charge in [0.15, 0.2) is 0 Å². The first kappa shape index (κ1) is 11.0. The summed E-state index contributed by atoms with van der Waals surface area (Å²) in [6.07, 6.45) is 4.10. The summed E-state index contributed by atoms with van der Waals surface area (Å²) in [4.78, 5) is 0. The lowest BCUT2D eigenvalue weighted by Crippen LogP contribution is -2.12. The zero-order valence-corrected chi connectivity index (χ0v) is 8.85. The highest BCUT2D eigenvalue weighted by atomic mass is 14.2. The molecule has 0 heterocycles. The maximum atomic E-state index is 2.40. The Morgan fingerprint density at radius 3 is 1.64 bits per heavy atom. The molecule has 0 saturated heterocycles. The van der Waals surface area contributed by atoms with Gasteiger partial charge in [0, 0.05) is 0 Å². The van der Waals surface area contributed by atoms with E-state index in [1.165, 1.54) is 19.3 Å². The van der Waals surface area contributed by atoms with Crippen molar-refractivity contribution in [3.05, 3.63) is 0 Å².